The largest absolute Gasteiger partial charge is 0.353 e. The lowest BCUT2D eigenvalue weighted by molar-refractivity contribution is -0.125. The number of aromatic nitrogens is 1. The van der Waals surface area contributed by atoms with Gasteiger partial charge in [-0.25, -0.2) is 0 Å². The molecular weight excluding hydrogens is 301 g/mol. The van der Waals surface area contributed by atoms with Gasteiger partial charge < -0.3 is 15.2 Å². The summed E-state index contributed by atoms with van der Waals surface area (Å²) in [6.07, 6.45) is 2.18. The van der Waals surface area contributed by atoms with Crippen molar-refractivity contribution in [2.75, 3.05) is 13.1 Å². The molecule has 7 heteroatoms. The van der Waals surface area contributed by atoms with Crippen LogP contribution in [0.25, 0.3) is 0 Å². The molecule has 2 aliphatic heterocycles. The number of hydrogen-bond donors (Lipinski definition) is 2. The molecule has 20 heavy (non-hydrogen) atoms. The molecule has 5 nitrogen and oxygen atoms in total. The van der Waals surface area contributed by atoms with E-state index in [2.05, 4.69) is 10.3 Å². The van der Waals surface area contributed by atoms with Gasteiger partial charge in [0.15, 0.2) is 0 Å². The van der Waals surface area contributed by atoms with Gasteiger partial charge in [0.1, 0.15) is 10.8 Å². The Balaban J connectivity index is 1.70. The standard InChI is InChI=1S/C13H15Cl2N3O2/c14-8-5-10(17-12(8)15)13(20)18-4-3-9-7(6-18)1-2-11(19)16-9/h5,7,9,17H,1-4,6H2,(H,16,19). The monoisotopic (exact) mass is 315 g/mol. The van der Waals surface area contributed by atoms with Gasteiger partial charge in [-0.05, 0) is 24.8 Å². The molecule has 2 unspecified atom stereocenters. The molecule has 0 spiro atoms. The van der Waals surface area contributed by atoms with Crippen LogP contribution in [0.4, 0.5) is 0 Å². The lowest BCUT2D eigenvalue weighted by Gasteiger charge is -2.41. The molecule has 0 aliphatic carbocycles. The van der Waals surface area contributed by atoms with E-state index in [0.29, 0.717) is 36.1 Å². The van der Waals surface area contributed by atoms with Gasteiger partial charge in [-0.1, -0.05) is 23.2 Å². The van der Waals surface area contributed by atoms with Gasteiger partial charge in [0, 0.05) is 25.6 Å². The van der Waals surface area contributed by atoms with Crippen LogP contribution in [-0.4, -0.2) is 40.8 Å². The molecule has 0 radical (unpaired) electrons. The quantitative estimate of drug-likeness (QED) is 0.833. The third-order valence-corrected chi connectivity index (χ3v) is 4.76. The molecule has 3 rings (SSSR count). The summed E-state index contributed by atoms with van der Waals surface area (Å²) in [6.45, 7) is 1.30. The molecule has 0 aromatic carbocycles. The molecule has 0 bridgehead atoms. The number of piperidine rings is 2. The van der Waals surface area contributed by atoms with E-state index in [4.69, 9.17) is 23.2 Å². The molecule has 3 heterocycles. The normalized spacial score (nSPS) is 26.1. The number of amides is 2. The summed E-state index contributed by atoms with van der Waals surface area (Å²) in [5.74, 6) is 0.370. The Labute approximate surface area is 126 Å². The number of rotatable bonds is 1. The molecule has 2 N–H and O–H groups in total. The van der Waals surface area contributed by atoms with E-state index in [1.807, 2.05) is 0 Å². The Morgan fingerprint density at radius 1 is 1.35 bits per heavy atom. The zero-order valence-corrected chi connectivity index (χ0v) is 12.3. The number of carbonyl (C=O) groups is 2. The highest BCUT2D eigenvalue weighted by Gasteiger charge is 2.35. The second-order valence-corrected chi connectivity index (χ2v) is 6.14. The Kier molecular flexibility index (Phi) is 3.65. The summed E-state index contributed by atoms with van der Waals surface area (Å²) in [5, 5.41) is 3.65. The van der Waals surface area contributed by atoms with E-state index < -0.39 is 0 Å². The maximum absolute atomic E-state index is 12.4. The minimum atomic E-state index is -0.0887. The highest BCUT2D eigenvalue weighted by atomic mass is 35.5. The van der Waals surface area contributed by atoms with Gasteiger partial charge in [-0.15, -0.1) is 0 Å². The molecule has 2 amide bonds. The fraction of sp³-hybridized carbons (Fsp3) is 0.538. The molecule has 2 fully saturated rings. The second kappa shape index (κ2) is 5.30. The number of H-pyrrole nitrogens is 1. The average molecular weight is 316 g/mol. The van der Waals surface area contributed by atoms with Crippen molar-refractivity contribution in [3.8, 4) is 0 Å². The zero-order valence-electron chi connectivity index (χ0n) is 10.8. The minimum absolute atomic E-state index is 0.0887. The number of halogens is 2. The van der Waals surface area contributed by atoms with E-state index in [0.717, 1.165) is 12.8 Å². The van der Waals surface area contributed by atoms with Crippen LogP contribution >= 0.6 is 23.2 Å². The van der Waals surface area contributed by atoms with E-state index in [1.165, 1.54) is 0 Å². The average Bonchev–Trinajstić information content (AvgIpc) is 2.77. The fourth-order valence-electron chi connectivity index (χ4n) is 2.98. The van der Waals surface area contributed by atoms with Crippen LogP contribution < -0.4 is 5.32 Å². The number of likely N-dealkylation sites (tertiary alicyclic amines) is 1. The summed E-state index contributed by atoms with van der Waals surface area (Å²) in [5.41, 5.74) is 0.415. The molecule has 2 aliphatic rings. The molecule has 2 saturated heterocycles. The first kappa shape index (κ1) is 13.8. The minimum Gasteiger partial charge on any atom is -0.353 e. The van der Waals surface area contributed by atoms with Crippen LogP contribution in [0.5, 0.6) is 0 Å². The predicted molar refractivity (Wildman–Crippen MR) is 76.0 cm³/mol. The van der Waals surface area contributed by atoms with Gasteiger partial charge in [-0.2, -0.15) is 0 Å². The smallest absolute Gasteiger partial charge is 0.270 e. The van der Waals surface area contributed by atoms with Crippen molar-refractivity contribution in [2.45, 2.75) is 25.3 Å². The first-order valence-electron chi connectivity index (χ1n) is 6.67. The fourth-order valence-corrected chi connectivity index (χ4v) is 3.30. The van der Waals surface area contributed by atoms with Crippen molar-refractivity contribution in [1.29, 1.82) is 0 Å². The molecule has 2 atom stereocenters. The second-order valence-electron chi connectivity index (χ2n) is 5.36. The molecule has 0 saturated carbocycles. The van der Waals surface area contributed by atoms with Gasteiger partial charge in [-0.3, -0.25) is 9.59 Å². The van der Waals surface area contributed by atoms with Gasteiger partial charge in [0.25, 0.3) is 5.91 Å². The van der Waals surface area contributed by atoms with E-state index in [-0.39, 0.29) is 23.0 Å². The number of nitrogens with one attached hydrogen (secondary N) is 2. The van der Waals surface area contributed by atoms with E-state index >= 15 is 0 Å². The van der Waals surface area contributed by atoms with E-state index in [1.54, 1.807) is 11.0 Å². The molecular formula is C13H15Cl2N3O2. The number of carbonyl (C=O) groups excluding carboxylic acids is 2. The summed E-state index contributed by atoms with van der Waals surface area (Å²) in [7, 11) is 0. The first-order valence-corrected chi connectivity index (χ1v) is 7.43. The topological polar surface area (TPSA) is 65.2 Å². The third-order valence-electron chi connectivity index (χ3n) is 4.07. The Bertz CT molecular complexity index is 538. The number of nitrogens with zero attached hydrogens (tertiary/aromatic N) is 1. The zero-order chi connectivity index (χ0) is 14.3. The van der Waals surface area contributed by atoms with Crippen LogP contribution in [0.15, 0.2) is 6.07 Å². The van der Waals surface area contributed by atoms with Gasteiger partial charge >= 0.3 is 0 Å². The van der Waals surface area contributed by atoms with Crippen LogP contribution in [0.2, 0.25) is 10.2 Å². The van der Waals surface area contributed by atoms with Gasteiger partial charge in [0.2, 0.25) is 5.91 Å². The summed E-state index contributed by atoms with van der Waals surface area (Å²) in [6, 6.07) is 1.76. The predicted octanol–water partition coefficient (Wildman–Crippen LogP) is 2.06. The lowest BCUT2D eigenvalue weighted by atomic mass is 9.85. The molecule has 1 aromatic rings. The Hall–Kier alpha value is -1.20. The highest BCUT2D eigenvalue weighted by molar-refractivity contribution is 6.41. The first-order chi connectivity index (χ1) is 9.54. The summed E-state index contributed by atoms with van der Waals surface area (Å²) >= 11 is 11.7. The van der Waals surface area contributed by atoms with Crippen LogP contribution in [0.3, 0.4) is 0 Å². The highest BCUT2D eigenvalue weighted by Crippen LogP contribution is 2.27. The van der Waals surface area contributed by atoms with Crippen molar-refractivity contribution in [1.82, 2.24) is 15.2 Å². The van der Waals surface area contributed by atoms with Crippen molar-refractivity contribution in [2.24, 2.45) is 5.92 Å². The van der Waals surface area contributed by atoms with Crippen LogP contribution in [0, 0.1) is 5.92 Å². The third kappa shape index (κ3) is 2.52. The van der Waals surface area contributed by atoms with Crippen LogP contribution in [0.1, 0.15) is 29.8 Å². The maximum Gasteiger partial charge on any atom is 0.270 e. The number of fused-ring (bicyclic) bond motifs is 1. The van der Waals surface area contributed by atoms with E-state index in [9.17, 15) is 9.59 Å². The van der Waals surface area contributed by atoms with Crippen molar-refractivity contribution in [3.63, 3.8) is 0 Å². The number of hydrogen-bond acceptors (Lipinski definition) is 2. The van der Waals surface area contributed by atoms with Crippen molar-refractivity contribution >= 4 is 35.0 Å². The van der Waals surface area contributed by atoms with Crippen molar-refractivity contribution < 1.29 is 9.59 Å². The van der Waals surface area contributed by atoms with Crippen molar-refractivity contribution in [3.05, 3.63) is 21.9 Å². The maximum atomic E-state index is 12.4. The van der Waals surface area contributed by atoms with Crippen LogP contribution in [-0.2, 0) is 4.79 Å². The Morgan fingerprint density at radius 3 is 2.85 bits per heavy atom. The molecule has 108 valence electrons. The van der Waals surface area contributed by atoms with Gasteiger partial charge in [0.05, 0.1) is 5.02 Å². The Morgan fingerprint density at radius 2 is 2.15 bits per heavy atom. The summed E-state index contributed by atoms with van der Waals surface area (Å²) in [4.78, 5) is 28.4. The SMILES string of the molecule is O=C1CCC2CN(C(=O)c3cc(Cl)c(Cl)[nH]3)CCC2N1. The molecule has 1 aromatic heterocycles. The summed E-state index contributed by atoms with van der Waals surface area (Å²) < 4.78 is 0. The lowest BCUT2D eigenvalue weighted by Crippen LogP contribution is -2.55. The number of aromatic amines is 1.